The van der Waals surface area contributed by atoms with Crippen LogP contribution < -0.4 is 20.5 Å². The molecule has 8 heteroatoms. The Labute approximate surface area is 138 Å². The minimum absolute atomic E-state index is 0.238. The van der Waals surface area contributed by atoms with Crippen LogP contribution in [0.25, 0.3) is 6.08 Å². The van der Waals surface area contributed by atoms with E-state index in [0.717, 1.165) is 5.56 Å². The predicted molar refractivity (Wildman–Crippen MR) is 88.6 cm³/mol. The number of anilines is 1. The Hall–Kier alpha value is -3.29. The number of carbonyl (C=O) groups is 2. The SMILES string of the molecule is COc1cc(C=CC(=O)Nc2ccn(C)n2)ccc1OCC(N)=O. The molecule has 0 atom stereocenters. The fraction of sp³-hybridized carbons (Fsp3) is 0.188. The molecule has 2 aromatic rings. The normalized spacial score (nSPS) is 10.6. The average Bonchev–Trinajstić information content (AvgIpc) is 2.96. The molecule has 1 heterocycles. The lowest BCUT2D eigenvalue weighted by Crippen LogP contribution is -2.20. The van der Waals surface area contributed by atoms with Crippen LogP contribution in [-0.4, -0.2) is 35.3 Å². The zero-order valence-corrected chi connectivity index (χ0v) is 13.4. The van der Waals surface area contributed by atoms with E-state index < -0.39 is 5.91 Å². The second-order valence-corrected chi connectivity index (χ2v) is 4.86. The highest BCUT2D eigenvalue weighted by Crippen LogP contribution is 2.28. The Bertz CT molecular complexity index is 767. The number of hydrogen-bond acceptors (Lipinski definition) is 5. The van der Waals surface area contributed by atoms with Crippen molar-refractivity contribution in [2.75, 3.05) is 19.0 Å². The van der Waals surface area contributed by atoms with E-state index in [1.807, 2.05) is 0 Å². The first kappa shape index (κ1) is 17.1. The van der Waals surface area contributed by atoms with Crippen molar-refractivity contribution >= 4 is 23.7 Å². The highest BCUT2D eigenvalue weighted by atomic mass is 16.5. The summed E-state index contributed by atoms with van der Waals surface area (Å²) in [7, 11) is 3.24. The second kappa shape index (κ2) is 7.82. The first-order valence-electron chi connectivity index (χ1n) is 7.06. The van der Waals surface area contributed by atoms with E-state index in [1.54, 1.807) is 48.3 Å². The Balaban J connectivity index is 2.03. The summed E-state index contributed by atoms with van der Waals surface area (Å²) in [6.07, 6.45) is 4.74. The van der Waals surface area contributed by atoms with Crippen LogP contribution in [0.3, 0.4) is 0 Å². The molecule has 0 fully saturated rings. The quantitative estimate of drug-likeness (QED) is 0.735. The molecule has 24 heavy (non-hydrogen) atoms. The van der Waals surface area contributed by atoms with Gasteiger partial charge in [-0.1, -0.05) is 6.07 Å². The minimum atomic E-state index is -0.577. The number of rotatable bonds is 7. The third-order valence-corrected chi connectivity index (χ3v) is 2.95. The lowest BCUT2D eigenvalue weighted by Gasteiger charge is -2.09. The number of nitrogens with one attached hydrogen (secondary N) is 1. The Morgan fingerprint density at radius 3 is 2.75 bits per heavy atom. The van der Waals surface area contributed by atoms with E-state index in [9.17, 15) is 9.59 Å². The summed E-state index contributed by atoms with van der Waals surface area (Å²) in [5.74, 6) is 0.420. The third kappa shape index (κ3) is 4.87. The highest BCUT2D eigenvalue weighted by molar-refractivity contribution is 6.01. The summed E-state index contributed by atoms with van der Waals surface area (Å²) in [5.41, 5.74) is 5.77. The fourth-order valence-corrected chi connectivity index (χ4v) is 1.88. The van der Waals surface area contributed by atoms with Gasteiger partial charge in [-0.25, -0.2) is 0 Å². The Kier molecular flexibility index (Phi) is 5.56. The molecule has 0 spiro atoms. The van der Waals surface area contributed by atoms with Crippen LogP contribution in [0.4, 0.5) is 5.82 Å². The van der Waals surface area contributed by atoms with Crippen molar-refractivity contribution < 1.29 is 19.1 Å². The lowest BCUT2D eigenvalue weighted by molar-refractivity contribution is -0.120. The first-order chi connectivity index (χ1) is 11.5. The molecule has 0 bridgehead atoms. The zero-order chi connectivity index (χ0) is 17.5. The number of benzene rings is 1. The minimum Gasteiger partial charge on any atom is -0.493 e. The molecule has 0 aliphatic rings. The van der Waals surface area contributed by atoms with E-state index >= 15 is 0 Å². The molecule has 0 saturated carbocycles. The molecular weight excluding hydrogens is 312 g/mol. The van der Waals surface area contributed by atoms with Crippen molar-refractivity contribution in [3.63, 3.8) is 0 Å². The van der Waals surface area contributed by atoms with E-state index in [4.69, 9.17) is 15.2 Å². The van der Waals surface area contributed by atoms with Crippen LogP contribution in [0.2, 0.25) is 0 Å². The zero-order valence-electron chi connectivity index (χ0n) is 13.4. The lowest BCUT2D eigenvalue weighted by atomic mass is 10.2. The molecule has 0 aliphatic heterocycles. The number of carbonyl (C=O) groups excluding carboxylic acids is 2. The number of aromatic nitrogens is 2. The molecule has 2 rings (SSSR count). The van der Waals surface area contributed by atoms with Crippen molar-refractivity contribution in [3.05, 3.63) is 42.1 Å². The molecule has 126 valence electrons. The maximum Gasteiger partial charge on any atom is 0.255 e. The van der Waals surface area contributed by atoms with Crippen LogP contribution in [0.5, 0.6) is 11.5 Å². The monoisotopic (exact) mass is 330 g/mol. The average molecular weight is 330 g/mol. The summed E-state index contributed by atoms with van der Waals surface area (Å²) < 4.78 is 12.0. The predicted octanol–water partition coefficient (Wildman–Crippen LogP) is 0.945. The van der Waals surface area contributed by atoms with E-state index in [1.165, 1.54) is 13.2 Å². The van der Waals surface area contributed by atoms with Gasteiger partial charge in [0.05, 0.1) is 7.11 Å². The summed E-state index contributed by atoms with van der Waals surface area (Å²) in [5, 5.41) is 6.70. The number of nitrogens with two attached hydrogens (primary N) is 1. The summed E-state index contributed by atoms with van der Waals surface area (Å²) >= 11 is 0. The number of ether oxygens (including phenoxy) is 2. The number of amides is 2. The molecule has 0 unspecified atom stereocenters. The molecule has 2 amide bonds. The number of hydrogen-bond donors (Lipinski definition) is 2. The van der Waals surface area contributed by atoms with E-state index in [-0.39, 0.29) is 12.5 Å². The molecular formula is C16H18N4O4. The number of nitrogens with zero attached hydrogens (tertiary/aromatic N) is 2. The smallest absolute Gasteiger partial charge is 0.255 e. The summed E-state index contributed by atoms with van der Waals surface area (Å²) in [4.78, 5) is 22.6. The molecule has 0 saturated heterocycles. The van der Waals surface area contributed by atoms with Gasteiger partial charge < -0.3 is 20.5 Å². The van der Waals surface area contributed by atoms with Gasteiger partial charge in [0.2, 0.25) is 5.91 Å². The van der Waals surface area contributed by atoms with Crippen LogP contribution in [0.15, 0.2) is 36.5 Å². The van der Waals surface area contributed by atoms with Crippen molar-refractivity contribution in [3.8, 4) is 11.5 Å². The summed E-state index contributed by atoms with van der Waals surface area (Å²) in [6, 6.07) is 6.74. The van der Waals surface area contributed by atoms with Gasteiger partial charge in [0.25, 0.3) is 5.91 Å². The Morgan fingerprint density at radius 1 is 1.33 bits per heavy atom. The van der Waals surface area contributed by atoms with Crippen molar-refractivity contribution in [2.45, 2.75) is 0 Å². The van der Waals surface area contributed by atoms with Crippen molar-refractivity contribution in [1.82, 2.24) is 9.78 Å². The van der Waals surface area contributed by atoms with Gasteiger partial charge in [0, 0.05) is 25.4 Å². The standard InChI is InChI=1S/C16H18N4O4/c1-20-8-7-15(19-20)18-16(22)6-4-11-3-5-12(13(9-11)23-2)24-10-14(17)21/h3-9H,10H2,1-2H3,(H2,17,21)(H,18,19,22). The number of methoxy groups -OCH3 is 1. The van der Waals surface area contributed by atoms with E-state index in [2.05, 4.69) is 10.4 Å². The molecule has 0 radical (unpaired) electrons. The van der Waals surface area contributed by atoms with Crippen LogP contribution >= 0.6 is 0 Å². The molecule has 3 N–H and O–H groups in total. The largest absolute Gasteiger partial charge is 0.493 e. The van der Waals surface area contributed by atoms with Gasteiger partial charge in [-0.2, -0.15) is 5.10 Å². The van der Waals surface area contributed by atoms with Crippen LogP contribution in [-0.2, 0) is 16.6 Å². The van der Waals surface area contributed by atoms with Crippen molar-refractivity contribution in [1.29, 1.82) is 0 Å². The second-order valence-electron chi connectivity index (χ2n) is 4.86. The van der Waals surface area contributed by atoms with Crippen LogP contribution in [0, 0.1) is 0 Å². The van der Waals surface area contributed by atoms with Gasteiger partial charge in [-0.15, -0.1) is 0 Å². The highest BCUT2D eigenvalue weighted by Gasteiger charge is 2.07. The van der Waals surface area contributed by atoms with Crippen LogP contribution in [0.1, 0.15) is 5.56 Å². The van der Waals surface area contributed by atoms with Gasteiger partial charge in [0.15, 0.2) is 23.9 Å². The van der Waals surface area contributed by atoms with Gasteiger partial charge in [0.1, 0.15) is 0 Å². The molecule has 0 aliphatic carbocycles. The fourth-order valence-electron chi connectivity index (χ4n) is 1.88. The number of primary amides is 1. The van der Waals surface area contributed by atoms with Gasteiger partial charge in [-0.3, -0.25) is 14.3 Å². The van der Waals surface area contributed by atoms with Gasteiger partial charge in [-0.05, 0) is 23.8 Å². The summed E-state index contributed by atoms with van der Waals surface area (Å²) in [6.45, 7) is -0.238. The first-order valence-corrected chi connectivity index (χ1v) is 7.06. The Morgan fingerprint density at radius 2 is 2.12 bits per heavy atom. The molecule has 1 aromatic heterocycles. The molecule has 1 aromatic carbocycles. The van der Waals surface area contributed by atoms with Crippen molar-refractivity contribution in [2.24, 2.45) is 12.8 Å². The van der Waals surface area contributed by atoms with E-state index in [0.29, 0.717) is 17.3 Å². The van der Waals surface area contributed by atoms with Gasteiger partial charge >= 0.3 is 0 Å². The maximum atomic E-state index is 11.8. The number of aryl methyl sites for hydroxylation is 1. The molecule has 8 nitrogen and oxygen atoms in total. The third-order valence-electron chi connectivity index (χ3n) is 2.95. The topological polar surface area (TPSA) is 108 Å². The maximum absolute atomic E-state index is 11.8.